The molecule has 26 heavy (non-hydrogen) atoms. The number of hydrogen-bond acceptors (Lipinski definition) is 5. The Balaban J connectivity index is 1.68. The van der Waals surface area contributed by atoms with E-state index in [1.165, 1.54) is 6.07 Å². The van der Waals surface area contributed by atoms with Crippen molar-refractivity contribution >= 4 is 35.1 Å². The molecule has 3 rings (SSSR count). The molecule has 1 amide bonds. The van der Waals surface area contributed by atoms with Crippen molar-refractivity contribution in [1.29, 1.82) is 0 Å². The summed E-state index contributed by atoms with van der Waals surface area (Å²) in [6, 6.07) is 11.2. The Kier molecular flexibility index (Phi) is 5.23. The molecule has 1 N–H and O–H groups in total. The molecule has 0 spiro atoms. The molecule has 1 heterocycles. The number of fused-ring (bicyclic) bond motifs is 1. The van der Waals surface area contributed by atoms with Crippen molar-refractivity contribution in [3.8, 4) is 0 Å². The highest BCUT2D eigenvalue weighted by atomic mass is 35.5. The second-order valence-electron chi connectivity index (χ2n) is 5.69. The SMILES string of the molecule is CCOC(=O)c1ccc(NC(=O)C2Cc3ccc(Cl)cc3C(=O)O2)cc1. The first-order chi connectivity index (χ1) is 12.5. The van der Waals surface area contributed by atoms with Crippen LogP contribution < -0.4 is 5.32 Å². The van der Waals surface area contributed by atoms with Crippen LogP contribution in [0.4, 0.5) is 5.69 Å². The molecule has 134 valence electrons. The van der Waals surface area contributed by atoms with E-state index in [0.29, 0.717) is 27.4 Å². The van der Waals surface area contributed by atoms with Gasteiger partial charge in [0.25, 0.3) is 5.91 Å². The van der Waals surface area contributed by atoms with Gasteiger partial charge in [-0.3, -0.25) is 4.79 Å². The molecule has 0 radical (unpaired) electrons. The molecule has 1 aliphatic rings. The van der Waals surface area contributed by atoms with Crippen LogP contribution in [0, 0.1) is 0 Å². The molecule has 1 unspecified atom stereocenters. The largest absolute Gasteiger partial charge is 0.462 e. The topological polar surface area (TPSA) is 81.7 Å². The van der Waals surface area contributed by atoms with Gasteiger partial charge in [-0.05, 0) is 48.9 Å². The van der Waals surface area contributed by atoms with Gasteiger partial charge in [-0.15, -0.1) is 0 Å². The standard InChI is InChI=1S/C19H16ClNO5/c1-2-25-18(23)11-4-7-14(8-5-11)21-17(22)16-9-12-3-6-13(20)10-15(12)19(24)26-16/h3-8,10,16H,2,9H2,1H3,(H,21,22). The summed E-state index contributed by atoms with van der Waals surface area (Å²) in [6.07, 6.45) is -0.661. The first-order valence-electron chi connectivity index (χ1n) is 8.05. The van der Waals surface area contributed by atoms with E-state index >= 15 is 0 Å². The highest BCUT2D eigenvalue weighted by molar-refractivity contribution is 6.31. The van der Waals surface area contributed by atoms with E-state index in [2.05, 4.69) is 5.32 Å². The van der Waals surface area contributed by atoms with Crippen LogP contribution in [0.5, 0.6) is 0 Å². The van der Waals surface area contributed by atoms with Crippen molar-refractivity contribution in [2.24, 2.45) is 0 Å². The third-order valence-electron chi connectivity index (χ3n) is 3.90. The Morgan fingerprint density at radius 2 is 1.96 bits per heavy atom. The van der Waals surface area contributed by atoms with Crippen molar-refractivity contribution in [2.45, 2.75) is 19.4 Å². The minimum absolute atomic E-state index is 0.269. The fourth-order valence-electron chi connectivity index (χ4n) is 2.62. The van der Waals surface area contributed by atoms with E-state index in [4.69, 9.17) is 21.1 Å². The molecular weight excluding hydrogens is 358 g/mol. The lowest BCUT2D eigenvalue weighted by Crippen LogP contribution is -2.38. The first-order valence-corrected chi connectivity index (χ1v) is 8.43. The minimum Gasteiger partial charge on any atom is -0.462 e. The van der Waals surface area contributed by atoms with Crippen LogP contribution in [0.25, 0.3) is 0 Å². The zero-order valence-corrected chi connectivity index (χ0v) is 14.7. The van der Waals surface area contributed by atoms with Crippen molar-refractivity contribution in [3.05, 3.63) is 64.2 Å². The van der Waals surface area contributed by atoms with Gasteiger partial charge in [-0.25, -0.2) is 9.59 Å². The Hall–Kier alpha value is -2.86. The maximum absolute atomic E-state index is 12.4. The summed E-state index contributed by atoms with van der Waals surface area (Å²) < 4.78 is 10.1. The molecule has 6 nitrogen and oxygen atoms in total. The molecule has 1 atom stereocenters. The Morgan fingerprint density at radius 3 is 2.65 bits per heavy atom. The van der Waals surface area contributed by atoms with Gasteiger partial charge in [-0.1, -0.05) is 17.7 Å². The molecule has 0 bridgehead atoms. The maximum Gasteiger partial charge on any atom is 0.339 e. The lowest BCUT2D eigenvalue weighted by molar-refractivity contribution is -0.125. The van der Waals surface area contributed by atoms with E-state index in [1.807, 2.05) is 0 Å². The van der Waals surface area contributed by atoms with Gasteiger partial charge in [0.2, 0.25) is 0 Å². The van der Waals surface area contributed by atoms with E-state index in [-0.39, 0.29) is 13.0 Å². The van der Waals surface area contributed by atoms with Crippen molar-refractivity contribution in [2.75, 3.05) is 11.9 Å². The fourth-order valence-corrected chi connectivity index (χ4v) is 2.80. The average molecular weight is 374 g/mol. The third kappa shape index (κ3) is 3.86. The average Bonchev–Trinajstić information content (AvgIpc) is 2.63. The summed E-state index contributed by atoms with van der Waals surface area (Å²) in [4.78, 5) is 36.1. The summed E-state index contributed by atoms with van der Waals surface area (Å²) in [6.45, 7) is 2.01. The number of amides is 1. The van der Waals surface area contributed by atoms with Gasteiger partial charge in [0, 0.05) is 17.1 Å². The minimum atomic E-state index is -0.930. The number of ether oxygens (including phenoxy) is 2. The third-order valence-corrected chi connectivity index (χ3v) is 4.14. The van der Waals surface area contributed by atoms with Crippen LogP contribution in [0.15, 0.2) is 42.5 Å². The number of benzene rings is 2. The monoisotopic (exact) mass is 373 g/mol. The predicted octanol–water partition coefficient (Wildman–Crippen LogP) is 3.24. The second-order valence-corrected chi connectivity index (χ2v) is 6.12. The number of halogens is 1. The molecule has 1 aliphatic heterocycles. The van der Waals surface area contributed by atoms with Gasteiger partial charge in [-0.2, -0.15) is 0 Å². The van der Waals surface area contributed by atoms with Crippen LogP contribution in [-0.4, -0.2) is 30.6 Å². The highest BCUT2D eigenvalue weighted by Gasteiger charge is 2.31. The van der Waals surface area contributed by atoms with Crippen molar-refractivity contribution < 1.29 is 23.9 Å². The predicted molar refractivity (Wildman–Crippen MR) is 95.4 cm³/mol. The van der Waals surface area contributed by atoms with E-state index in [1.54, 1.807) is 43.3 Å². The number of nitrogens with one attached hydrogen (secondary N) is 1. The van der Waals surface area contributed by atoms with Gasteiger partial charge in [0.1, 0.15) is 0 Å². The molecule has 0 aliphatic carbocycles. The molecule has 0 fully saturated rings. The summed E-state index contributed by atoms with van der Waals surface area (Å²) in [5.74, 6) is -1.45. The molecule has 2 aromatic rings. The number of rotatable bonds is 4. The van der Waals surface area contributed by atoms with Crippen LogP contribution in [0.3, 0.4) is 0 Å². The number of hydrogen-bond donors (Lipinski definition) is 1. The quantitative estimate of drug-likeness (QED) is 0.832. The van der Waals surface area contributed by atoms with Crippen LogP contribution in [-0.2, 0) is 20.7 Å². The van der Waals surface area contributed by atoms with Gasteiger partial charge in [0.05, 0.1) is 17.7 Å². The van der Waals surface area contributed by atoms with Crippen LogP contribution in [0.2, 0.25) is 5.02 Å². The molecule has 0 saturated carbocycles. The van der Waals surface area contributed by atoms with Crippen molar-refractivity contribution in [1.82, 2.24) is 0 Å². The van der Waals surface area contributed by atoms with Crippen LogP contribution in [0.1, 0.15) is 33.2 Å². The number of anilines is 1. The summed E-state index contributed by atoms with van der Waals surface area (Å²) >= 11 is 5.88. The van der Waals surface area contributed by atoms with Crippen LogP contribution >= 0.6 is 11.6 Å². The first kappa shape index (κ1) is 17.9. The zero-order valence-electron chi connectivity index (χ0n) is 14.0. The number of esters is 2. The summed E-state index contributed by atoms with van der Waals surface area (Å²) in [5, 5.41) is 3.11. The smallest absolute Gasteiger partial charge is 0.339 e. The van der Waals surface area contributed by atoms with E-state index < -0.39 is 23.9 Å². The Bertz CT molecular complexity index is 863. The lowest BCUT2D eigenvalue weighted by Gasteiger charge is -2.24. The second kappa shape index (κ2) is 7.58. The zero-order chi connectivity index (χ0) is 18.7. The Labute approximate surface area is 155 Å². The summed E-state index contributed by atoms with van der Waals surface area (Å²) in [7, 11) is 0. The van der Waals surface area contributed by atoms with Crippen molar-refractivity contribution in [3.63, 3.8) is 0 Å². The maximum atomic E-state index is 12.4. The molecule has 0 aromatic heterocycles. The Morgan fingerprint density at radius 1 is 1.23 bits per heavy atom. The fraction of sp³-hybridized carbons (Fsp3) is 0.211. The normalized spacial score (nSPS) is 15.6. The highest BCUT2D eigenvalue weighted by Crippen LogP contribution is 2.24. The van der Waals surface area contributed by atoms with Gasteiger partial charge >= 0.3 is 11.9 Å². The van der Waals surface area contributed by atoms with E-state index in [0.717, 1.165) is 0 Å². The molecule has 7 heteroatoms. The number of carbonyl (C=O) groups excluding carboxylic acids is 3. The molecule has 2 aromatic carbocycles. The lowest BCUT2D eigenvalue weighted by atomic mass is 9.98. The van der Waals surface area contributed by atoms with Gasteiger partial charge < -0.3 is 14.8 Å². The number of cyclic esters (lactones) is 1. The summed E-state index contributed by atoms with van der Waals surface area (Å²) in [5.41, 5.74) is 1.96. The molecule has 0 saturated heterocycles. The van der Waals surface area contributed by atoms with E-state index in [9.17, 15) is 14.4 Å². The number of carbonyl (C=O) groups is 3. The molecular formula is C19H16ClNO5. The van der Waals surface area contributed by atoms with Gasteiger partial charge in [0.15, 0.2) is 6.10 Å².